The van der Waals surface area contributed by atoms with E-state index in [0.29, 0.717) is 11.5 Å². The maximum absolute atomic E-state index is 12.2. The Balaban J connectivity index is 1.70. The van der Waals surface area contributed by atoms with Crippen molar-refractivity contribution in [2.24, 2.45) is 23.5 Å². The number of benzene rings is 1. The summed E-state index contributed by atoms with van der Waals surface area (Å²) in [6, 6.07) is 3.95. The zero-order valence-corrected chi connectivity index (χ0v) is 16.7. The van der Waals surface area contributed by atoms with E-state index in [4.69, 9.17) is 18.0 Å². The highest BCUT2D eigenvalue weighted by molar-refractivity contribution is 7.80. The summed E-state index contributed by atoms with van der Waals surface area (Å²) < 4.78 is 0. The van der Waals surface area contributed by atoms with Gasteiger partial charge in [0.05, 0.1) is 11.2 Å². The molecule has 4 N–H and O–H groups in total. The van der Waals surface area contributed by atoms with E-state index in [1.165, 1.54) is 30.4 Å². The van der Waals surface area contributed by atoms with Gasteiger partial charge in [-0.15, -0.1) is 0 Å². The molecule has 1 unspecified atom stereocenters. The van der Waals surface area contributed by atoms with Gasteiger partial charge in [-0.1, -0.05) is 43.3 Å². The predicted molar refractivity (Wildman–Crippen MR) is 111 cm³/mol. The highest BCUT2D eigenvalue weighted by atomic mass is 32.1. The van der Waals surface area contributed by atoms with Crippen LogP contribution in [0, 0.1) is 17.8 Å². The molecule has 3 saturated carbocycles. The lowest BCUT2D eigenvalue weighted by atomic mass is 9.43. The molecule has 0 heterocycles. The number of hydrogen-bond donors (Lipinski definition) is 3. The molecule has 3 fully saturated rings. The van der Waals surface area contributed by atoms with Crippen molar-refractivity contribution >= 4 is 17.2 Å². The zero-order valence-electron chi connectivity index (χ0n) is 15.8. The Hall–Kier alpha value is -1.39. The minimum Gasteiger partial charge on any atom is -0.507 e. The molecule has 4 atom stereocenters. The molecule has 0 amide bonds. The molecule has 5 rings (SSSR count). The van der Waals surface area contributed by atoms with Crippen LogP contribution in [0.5, 0.6) is 5.75 Å². The minimum absolute atomic E-state index is 0.201. The average Bonchev–Trinajstić information content (AvgIpc) is 3.42. The second-order valence-electron chi connectivity index (χ2n) is 9.58. The summed E-state index contributed by atoms with van der Waals surface area (Å²) in [6.45, 7) is 4.27. The predicted octanol–water partition coefficient (Wildman–Crippen LogP) is 4.12. The van der Waals surface area contributed by atoms with Gasteiger partial charge >= 0.3 is 0 Å². The van der Waals surface area contributed by atoms with Crippen molar-refractivity contribution in [3.8, 4) is 5.75 Å². The Morgan fingerprint density at radius 2 is 2.04 bits per heavy atom. The minimum atomic E-state index is -0.759. The van der Waals surface area contributed by atoms with Crippen LogP contribution in [0.25, 0.3) is 0 Å². The quantitative estimate of drug-likeness (QED) is 0.543. The van der Waals surface area contributed by atoms with Gasteiger partial charge in [0.1, 0.15) is 10.7 Å². The molecule has 0 aromatic heterocycles. The number of aromatic hydroxyl groups is 1. The van der Waals surface area contributed by atoms with Crippen molar-refractivity contribution < 1.29 is 10.2 Å². The first-order valence-corrected chi connectivity index (χ1v) is 10.8. The normalized spacial score (nSPS) is 37.4. The number of phenols is 1. The summed E-state index contributed by atoms with van der Waals surface area (Å²) in [4.78, 5) is 0.217. The van der Waals surface area contributed by atoms with E-state index in [9.17, 15) is 10.2 Å². The van der Waals surface area contributed by atoms with Crippen molar-refractivity contribution in [1.29, 1.82) is 0 Å². The van der Waals surface area contributed by atoms with Gasteiger partial charge in [-0.05, 0) is 74.3 Å². The van der Waals surface area contributed by atoms with E-state index in [-0.39, 0.29) is 16.7 Å². The lowest BCUT2D eigenvalue weighted by molar-refractivity contribution is -0.159. The second-order valence-corrected chi connectivity index (χ2v) is 10.0. The standard InChI is InChI=1S/C23H29NO2S/c1-13-6-9-23(26)18-11-16-4-5-17(21(24)27)20(25)19(16)22(23,12-13)8-7-15(18)10-14-2-3-14/h4-5,14-15,18,25-26H,1-3,6-12H2,(H2,24,27)/t15?,18-,22+,23+/m0/s1. The van der Waals surface area contributed by atoms with Crippen molar-refractivity contribution in [2.75, 3.05) is 0 Å². The third-order valence-electron chi connectivity index (χ3n) is 8.15. The maximum atomic E-state index is 12.2. The van der Waals surface area contributed by atoms with Crippen LogP contribution in [-0.2, 0) is 11.8 Å². The van der Waals surface area contributed by atoms with Crippen molar-refractivity contribution in [2.45, 2.75) is 68.8 Å². The van der Waals surface area contributed by atoms with Crippen molar-refractivity contribution in [3.63, 3.8) is 0 Å². The molecule has 0 aliphatic heterocycles. The lowest BCUT2D eigenvalue weighted by Gasteiger charge is -2.63. The summed E-state index contributed by atoms with van der Waals surface area (Å²) in [5.74, 6) is 1.94. The number of fused-ring (bicyclic) bond motifs is 1. The fraction of sp³-hybridized carbons (Fsp3) is 0.609. The first-order chi connectivity index (χ1) is 12.9. The van der Waals surface area contributed by atoms with Crippen LogP contribution in [0.1, 0.15) is 68.1 Å². The molecule has 2 bridgehead atoms. The van der Waals surface area contributed by atoms with E-state index >= 15 is 0 Å². The Morgan fingerprint density at radius 1 is 1.26 bits per heavy atom. The van der Waals surface area contributed by atoms with Crippen LogP contribution in [0.4, 0.5) is 0 Å². The van der Waals surface area contributed by atoms with Gasteiger partial charge in [0.2, 0.25) is 0 Å². The summed E-state index contributed by atoms with van der Waals surface area (Å²) in [5.41, 5.74) is 8.50. The van der Waals surface area contributed by atoms with Gasteiger partial charge in [-0.25, -0.2) is 0 Å². The SMILES string of the molecule is C=C1CC[C@@]2(O)[C@H]3Cc4ccc(C(N)=S)c(O)c4[C@@]2(CCC3CC2CC2)C1. The molecule has 1 aromatic rings. The lowest BCUT2D eigenvalue weighted by Crippen LogP contribution is -2.66. The number of allylic oxidation sites excluding steroid dienone is 1. The first kappa shape index (κ1) is 17.7. The van der Waals surface area contributed by atoms with Gasteiger partial charge < -0.3 is 15.9 Å². The van der Waals surface area contributed by atoms with Crippen LogP contribution in [0.15, 0.2) is 24.3 Å². The zero-order chi connectivity index (χ0) is 19.0. The number of thiocarbonyl (C=S) groups is 1. The number of rotatable bonds is 3. The second kappa shape index (κ2) is 5.81. The van der Waals surface area contributed by atoms with Crippen LogP contribution in [0.2, 0.25) is 0 Å². The number of nitrogens with two attached hydrogens (primary N) is 1. The van der Waals surface area contributed by atoms with E-state index in [1.807, 2.05) is 6.07 Å². The first-order valence-electron chi connectivity index (χ1n) is 10.4. The van der Waals surface area contributed by atoms with Gasteiger partial charge in [-0.2, -0.15) is 0 Å². The van der Waals surface area contributed by atoms with Gasteiger partial charge in [0.25, 0.3) is 0 Å². The highest BCUT2D eigenvalue weighted by Crippen LogP contribution is 2.65. The third-order valence-corrected chi connectivity index (χ3v) is 8.37. The fourth-order valence-corrected chi connectivity index (χ4v) is 6.91. The Bertz CT molecular complexity index is 845. The van der Waals surface area contributed by atoms with Crippen LogP contribution < -0.4 is 5.73 Å². The summed E-state index contributed by atoms with van der Waals surface area (Å²) >= 11 is 5.17. The van der Waals surface area contributed by atoms with Gasteiger partial charge in [0.15, 0.2) is 0 Å². The summed E-state index contributed by atoms with van der Waals surface area (Å²) in [5, 5.41) is 23.3. The molecule has 27 heavy (non-hydrogen) atoms. The van der Waals surface area contributed by atoms with Crippen LogP contribution in [-0.4, -0.2) is 20.8 Å². The maximum Gasteiger partial charge on any atom is 0.129 e. The fourth-order valence-electron chi connectivity index (χ4n) is 6.74. The molecule has 1 aromatic carbocycles. The summed E-state index contributed by atoms with van der Waals surface area (Å²) in [7, 11) is 0. The smallest absolute Gasteiger partial charge is 0.129 e. The van der Waals surface area contributed by atoms with E-state index in [1.54, 1.807) is 0 Å². The Kier molecular flexibility index (Phi) is 3.80. The molecule has 0 spiro atoms. The van der Waals surface area contributed by atoms with Gasteiger partial charge in [0, 0.05) is 11.0 Å². The van der Waals surface area contributed by atoms with E-state index in [2.05, 4.69) is 12.6 Å². The van der Waals surface area contributed by atoms with Crippen molar-refractivity contribution in [1.82, 2.24) is 0 Å². The number of hydrogen-bond acceptors (Lipinski definition) is 3. The average molecular weight is 384 g/mol. The van der Waals surface area contributed by atoms with E-state index < -0.39 is 11.0 Å². The Morgan fingerprint density at radius 3 is 2.74 bits per heavy atom. The molecule has 0 radical (unpaired) electrons. The largest absolute Gasteiger partial charge is 0.507 e. The molecule has 4 heteroatoms. The number of phenolic OH excluding ortho intramolecular Hbond substituents is 1. The molecule has 3 nitrogen and oxygen atoms in total. The van der Waals surface area contributed by atoms with Gasteiger partial charge in [-0.3, -0.25) is 0 Å². The molecular weight excluding hydrogens is 354 g/mol. The van der Waals surface area contributed by atoms with E-state index in [0.717, 1.165) is 50.0 Å². The molecule has 144 valence electrons. The monoisotopic (exact) mass is 383 g/mol. The van der Waals surface area contributed by atoms with Crippen LogP contribution in [0.3, 0.4) is 0 Å². The molecule has 4 aliphatic carbocycles. The van der Waals surface area contributed by atoms with Crippen molar-refractivity contribution in [3.05, 3.63) is 41.0 Å². The Labute approximate surface area is 166 Å². The topological polar surface area (TPSA) is 66.5 Å². The summed E-state index contributed by atoms with van der Waals surface area (Å²) in [6.07, 6.45) is 9.28. The molecule has 0 saturated heterocycles. The number of aliphatic hydroxyl groups is 1. The third kappa shape index (κ3) is 2.39. The van der Waals surface area contributed by atoms with Crippen LogP contribution >= 0.6 is 12.2 Å². The molecule has 4 aliphatic rings. The highest BCUT2D eigenvalue weighted by Gasteiger charge is 2.65. The molecular formula is C23H29NO2S.